The lowest BCUT2D eigenvalue weighted by atomic mass is 10.0. The fourth-order valence-electron chi connectivity index (χ4n) is 2.46. The number of amides is 1. The molecule has 104 valence electrons. The van der Waals surface area contributed by atoms with E-state index >= 15 is 0 Å². The lowest BCUT2D eigenvalue weighted by Gasteiger charge is -2.18. The summed E-state index contributed by atoms with van der Waals surface area (Å²) in [5.41, 5.74) is 5.60. The Balaban J connectivity index is 1.69. The highest BCUT2D eigenvalue weighted by atomic mass is 32.1. The van der Waals surface area contributed by atoms with Gasteiger partial charge in [-0.15, -0.1) is 0 Å². The second-order valence-electron chi connectivity index (χ2n) is 5.16. The van der Waals surface area contributed by atoms with Gasteiger partial charge in [0.2, 0.25) is 0 Å². The van der Waals surface area contributed by atoms with Gasteiger partial charge in [-0.25, -0.2) is 0 Å². The minimum atomic E-state index is 0.00368. The Hall–Kier alpha value is -1.81. The number of fused-ring (bicyclic) bond motifs is 1. The molecule has 2 heterocycles. The van der Waals surface area contributed by atoms with E-state index in [-0.39, 0.29) is 5.91 Å². The van der Waals surface area contributed by atoms with Crippen molar-refractivity contribution in [2.45, 2.75) is 26.3 Å². The van der Waals surface area contributed by atoms with Crippen molar-refractivity contribution < 1.29 is 4.79 Å². The maximum atomic E-state index is 12.2. The van der Waals surface area contributed by atoms with E-state index in [4.69, 9.17) is 0 Å². The first-order chi connectivity index (χ1) is 9.74. The van der Waals surface area contributed by atoms with Crippen LogP contribution in [0.1, 0.15) is 33.5 Å². The molecule has 3 rings (SSSR count). The van der Waals surface area contributed by atoms with E-state index < -0.39 is 0 Å². The first-order valence-corrected chi connectivity index (χ1v) is 7.85. The molecule has 0 bridgehead atoms. The van der Waals surface area contributed by atoms with Crippen molar-refractivity contribution in [3.05, 3.63) is 51.2 Å². The van der Waals surface area contributed by atoms with Gasteiger partial charge in [0, 0.05) is 24.3 Å². The van der Waals surface area contributed by atoms with Crippen LogP contribution in [0.5, 0.6) is 0 Å². The number of aryl methyl sites for hydroxylation is 2. The molecule has 1 aliphatic rings. The summed E-state index contributed by atoms with van der Waals surface area (Å²) in [7, 11) is 0. The third-order valence-electron chi connectivity index (χ3n) is 3.71. The first-order valence-electron chi connectivity index (χ1n) is 6.91. The van der Waals surface area contributed by atoms with Crippen LogP contribution in [0.25, 0.3) is 0 Å². The summed E-state index contributed by atoms with van der Waals surface area (Å²) in [5.74, 6) is 0.00368. The minimum Gasteiger partial charge on any atom is -0.385 e. The molecule has 0 saturated heterocycles. The molecule has 1 aliphatic heterocycles. The molecule has 2 N–H and O–H groups in total. The lowest BCUT2D eigenvalue weighted by molar-refractivity contribution is 0.0951. The van der Waals surface area contributed by atoms with Crippen LogP contribution in [0.15, 0.2) is 29.0 Å². The predicted octanol–water partition coefficient (Wildman–Crippen LogP) is 3.34. The fraction of sp³-hybridized carbons (Fsp3) is 0.312. The average Bonchev–Trinajstić information content (AvgIpc) is 2.89. The Bertz CT molecular complexity index is 633. The predicted molar refractivity (Wildman–Crippen MR) is 83.5 cm³/mol. The highest BCUT2D eigenvalue weighted by Gasteiger charge is 2.12. The number of hydrogen-bond acceptors (Lipinski definition) is 3. The molecule has 3 nitrogen and oxygen atoms in total. The zero-order valence-electron chi connectivity index (χ0n) is 11.5. The molecule has 0 atom stereocenters. The van der Waals surface area contributed by atoms with Gasteiger partial charge in [-0.05, 0) is 65.4 Å². The molecule has 4 heteroatoms. The molecule has 0 radical (unpaired) electrons. The van der Waals surface area contributed by atoms with Crippen molar-refractivity contribution in [2.75, 3.05) is 11.9 Å². The third-order valence-corrected chi connectivity index (χ3v) is 4.62. The summed E-state index contributed by atoms with van der Waals surface area (Å²) < 4.78 is 0. The second kappa shape index (κ2) is 5.67. The van der Waals surface area contributed by atoms with Gasteiger partial charge in [-0.2, -0.15) is 11.3 Å². The molecule has 0 saturated carbocycles. The molecule has 1 aromatic heterocycles. The number of carbonyl (C=O) groups excluding carboxylic acids is 1. The number of carbonyl (C=O) groups is 1. The van der Waals surface area contributed by atoms with Crippen molar-refractivity contribution in [2.24, 2.45) is 0 Å². The van der Waals surface area contributed by atoms with E-state index in [1.165, 1.54) is 22.4 Å². The molecule has 2 aromatic rings. The van der Waals surface area contributed by atoms with Crippen molar-refractivity contribution in [1.82, 2.24) is 5.32 Å². The normalized spacial score (nSPS) is 13.4. The van der Waals surface area contributed by atoms with Crippen molar-refractivity contribution >= 4 is 22.9 Å². The van der Waals surface area contributed by atoms with Crippen molar-refractivity contribution in [3.63, 3.8) is 0 Å². The summed E-state index contributed by atoms with van der Waals surface area (Å²) in [6, 6.07) is 5.92. The molecule has 0 fully saturated rings. The molecule has 0 aliphatic carbocycles. The smallest absolute Gasteiger partial charge is 0.251 e. The summed E-state index contributed by atoms with van der Waals surface area (Å²) in [6.45, 7) is 3.70. The molecular formula is C16H18N2OS. The molecule has 20 heavy (non-hydrogen) atoms. The maximum absolute atomic E-state index is 12.2. The van der Waals surface area contributed by atoms with Gasteiger partial charge in [0.05, 0.1) is 0 Å². The molecule has 0 unspecified atom stereocenters. The molecule has 1 aromatic carbocycles. The summed E-state index contributed by atoms with van der Waals surface area (Å²) >= 11 is 1.67. The van der Waals surface area contributed by atoms with Gasteiger partial charge in [0.25, 0.3) is 5.91 Å². The van der Waals surface area contributed by atoms with Gasteiger partial charge in [-0.1, -0.05) is 0 Å². The molecule has 0 spiro atoms. The molecule has 1 amide bonds. The average molecular weight is 286 g/mol. The quantitative estimate of drug-likeness (QED) is 0.908. The number of anilines is 1. The number of thiophene rings is 1. The van der Waals surface area contributed by atoms with Crippen LogP contribution >= 0.6 is 11.3 Å². The highest BCUT2D eigenvalue weighted by Crippen LogP contribution is 2.23. The first kappa shape index (κ1) is 13.2. The van der Waals surface area contributed by atoms with E-state index in [1.807, 2.05) is 18.2 Å². The van der Waals surface area contributed by atoms with E-state index in [0.29, 0.717) is 6.54 Å². The Morgan fingerprint density at radius 3 is 3.10 bits per heavy atom. The third kappa shape index (κ3) is 2.70. The van der Waals surface area contributed by atoms with Gasteiger partial charge in [0.15, 0.2) is 0 Å². The standard InChI is InChI=1S/C16H18N2OS/c1-11-9-20-10-14(11)8-18-16(19)13-4-5-15-12(7-13)3-2-6-17-15/h4-5,7,9-10,17H,2-3,6,8H2,1H3,(H,18,19). The topological polar surface area (TPSA) is 41.1 Å². The van der Waals surface area contributed by atoms with Crippen LogP contribution in [-0.4, -0.2) is 12.5 Å². The SMILES string of the molecule is Cc1cscc1CNC(=O)c1ccc2c(c1)CCCN2. The van der Waals surface area contributed by atoms with E-state index in [1.54, 1.807) is 11.3 Å². The molecular weight excluding hydrogens is 268 g/mol. The van der Waals surface area contributed by atoms with E-state index in [9.17, 15) is 4.79 Å². The highest BCUT2D eigenvalue weighted by molar-refractivity contribution is 7.08. The van der Waals surface area contributed by atoms with Crippen LogP contribution < -0.4 is 10.6 Å². The van der Waals surface area contributed by atoms with Crippen LogP contribution in [0.3, 0.4) is 0 Å². The van der Waals surface area contributed by atoms with Gasteiger partial charge in [-0.3, -0.25) is 4.79 Å². The van der Waals surface area contributed by atoms with Gasteiger partial charge < -0.3 is 10.6 Å². The minimum absolute atomic E-state index is 0.00368. The van der Waals surface area contributed by atoms with Gasteiger partial charge in [0.1, 0.15) is 0 Å². The van der Waals surface area contributed by atoms with Gasteiger partial charge >= 0.3 is 0 Å². The largest absolute Gasteiger partial charge is 0.385 e. The zero-order chi connectivity index (χ0) is 13.9. The summed E-state index contributed by atoms with van der Waals surface area (Å²) in [4.78, 5) is 12.2. The maximum Gasteiger partial charge on any atom is 0.251 e. The van der Waals surface area contributed by atoms with Crippen LogP contribution in [-0.2, 0) is 13.0 Å². The number of benzene rings is 1. The second-order valence-corrected chi connectivity index (χ2v) is 5.91. The number of rotatable bonds is 3. The zero-order valence-corrected chi connectivity index (χ0v) is 12.3. The number of hydrogen-bond donors (Lipinski definition) is 2. The monoisotopic (exact) mass is 286 g/mol. The fourth-order valence-corrected chi connectivity index (χ4v) is 3.32. The Kier molecular flexibility index (Phi) is 3.74. The van der Waals surface area contributed by atoms with E-state index in [0.717, 1.165) is 24.9 Å². The van der Waals surface area contributed by atoms with Crippen molar-refractivity contribution in [3.8, 4) is 0 Å². The van der Waals surface area contributed by atoms with E-state index in [2.05, 4.69) is 28.3 Å². The Morgan fingerprint density at radius 1 is 1.40 bits per heavy atom. The number of nitrogens with one attached hydrogen (secondary N) is 2. The Labute approximate surface area is 123 Å². The van der Waals surface area contributed by atoms with Crippen molar-refractivity contribution in [1.29, 1.82) is 0 Å². The summed E-state index contributed by atoms with van der Waals surface area (Å²) in [6.07, 6.45) is 2.18. The Morgan fingerprint density at radius 2 is 2.30 bits per heavy atom. The van der Waals surface area contributed by atoms with Crippen LogP contribution in [0, 0.1) is 6.92 Å². The summed E-state index contributed by atoms with van der Waals surface area (Å²) in [5, 5.41) is 10.5. The van der Waals surface area contributed by atoms with Crippen LogP contribution in [0.2, 0.25) is 0 Å². The lowest BCUT2D eigenvalue weighted by Crippen LogP contribution is -2.23. The van der Waals surface area contributed by atoms with Crippen LogP contribution in [0.4, 0.5) is 5.69 Å².